The Kier molecular flexibility index (Phi) is 3.41. The van der Waals surface area contributed by atoms with E-state index >= 15 is 0 Å². The van der Waals surface area contributed by atoms with Crippen molar-refractivity contribution in [1.82, 2.24) is 24.3 Å². The molecule has 0 aliphatic rings. The molecule has 0 unspecified atom stereocenters. The number of fused-ring (bicyclic) bond motifs is 1. The van der Waals surface area contributed by atoms with Crippen LogP contribution in [0.2, 0.25) is 0 Å². The third-order valence-electron chi connectivity index (χ3n) is 3.45. The number of rotatable bonds is 3. The summed E-state index contributed by atoms with van der Waals surface area (Å²) in [7, 11) is 0. The first-order valence-electron chi connectivity index (χ1n) is 7.23. The SMILES string of the molecule is CC(C)c1ccn2c(-c3ccnc(C(C)C)n3)cnc2n1. The van der Waals surface area contributed by atoms with Gasteiger partial charge < -0.3 is 0 Å². The Hall–Kier alpha value is -2.30. The summed E-state index contributed by atoms with van der Waals surface area (Å²) in [6, 6.07) is 3.94. The lowest BCUT2D eigenvalue weighted by Gasteiger charge is -2.07. The van der Waals surface area contributed by atoms with Crippen LogP contribution in [0.25, 0.3) is 17.2 Å². The van der Waals surface area contributed by atoms with Gasteiger partial charge in [0, 0.05) is 24.0 Å². The van der Waals surface area contributed by atoms with Crippen molar-refractivity contribution in [2.75, 3.05) is 0 Å². The molecule has 3 rings (SSSR count). The van der Waals surface area contributed by atoms with Crippen molar-refractivity contribution >= 4 is 5.78 Å². The Labute approximate surface area is 124 Å². The van der Waals surface area contributed by atoms with E-state index < -0.39 is 0 Å². The average molecular weight is 281 g/mol. The predicted octanol–water partition coefficient (Wildman–Crippen LogP) is 3.43. The van der Waals surface area contributed by atoms with Gasteiger partial charge in [0.1, 0.15) is 5.82 Å². The number of nitrogens with zero attached hydrogens (tertiary/aromatic N) is 5. The van der Waals surface area contributed by atoms with Crippen LogP contribution in [0.5, 0.6) is 0 Å². The predicted molar refractivity (Wildman–Crippen MR) is 82.2 cm³/mol. The second-order valence-corrected chi connectivity index (χ2v) is 5.78. The van der Waals surface area contributed by atoms with Crippen LogP contribution in [0.15, 0.2) is 30.7 Å². The van der Waals surface area contributed by atoms with Crippen molar-refractivity contribution in [2.45, 2.75) is 39.5 Å². The van der Waals surface area contributed by atoms with E-state index in [2.05, 4.69) is 47.6 Å². The van der Waals surface area contributed by atoms with E-state index in [1.807, 2.05) is 28.9 Å². The molecule has 3 aromatic heterocycles. The number of hydrogen-bond acceptors (Lipinski definition) is 4. The monoisotopic (exact) mass is 281 g/mol. The molecule has 0 amide bonds. The van der Waals surface area contributed by atoms with Crippen LogP contribution in [0, 0.1) is 0 Å². The number of hydrogen-bond donors (Lipinski definition) is 0. The maximum atomic E-state index is 4.62. The van der Waals surface area contributed by atoms with Crippen molar-refractivity contribution in [3.63, 3.8) is 0 Å². The second kappa shape index (κ2) is 5.24. The van der Waals surface area contributed by atoms with Gasteiger partial charge in [-0.25, -0.2) is 19.9 Å². The molecular formula is C16H19N5. The fourth-order valence-corrected chi connectivity index (χ4v) is 2.19. The largest absolute Gasteiger partial charge is 0.282 e. The highest BCUT2D eigenvalue weighted by molar-refractivity contribution is 5.58. The molecule has 0 saturated heterocycles. The van der Waals surface area contributed by atoms with Gasteiger partial charge in [-0.05, 0) is 18.1 Å². The van der Waals surface area contributed by atoms with Crippen LogP contribution in [0.1, 0.15) is 51.0 Å². The van der Waals surface area contributed by atoms with Gasteiger partial charge in [0.25, 0.3) is 0 Å². The van der Waals surface area contributed by atoms with Crippen molar-refractivity contribution in [3.05, 3.63) is 42.2 Å². The third-order valence-corrected chi connectivity index (χ3v) is 3.45. The van der Waals surface area contributed by atoms with Crippen molar-refractivity contribution in [3.8, 4) is 11.4 Å². The third kappa shape index (κ3) is 2.51. The highest BCUT2D eigenvalue weighted by Gasteiger charge is 2.11. The average Bonchev–Trinajstić information content (AvgIpc) is 2.90. The van der Waals surface area contributed by atoms with Gasteiger partial charge in [-0.1, -0.05) is 27.7 Å². The highest BCUT2D eigenvalue weighted by atomic mass is 15.1. The number of imidazole rings is 1. The summed E-state index contributed by atoms with van der Waals surface area (Å²) in [4.78, 5) is 17.9. The van der Waals surface area contributed by atoms with Crippen LogP contribution in [0.4, 0.5) is 0 Å². The Morgan fingerprint density at radius 1 is 0.952 bits per heavy atom. The Balaban J connectivity index is 2.11. The molecule has 0 bridgehead atoms. The van der Waals surface area contributed by atoms with E-state index in [-0.39, 0.29) is 0 Å². The van der Waals surface area contributed by atoms with Crippen molar-refractivity contribution in [2.24, 2.45) is 0 Å². The first-order valence-corrected chi connectivity index (χ1v) is 7.23. The van der Waals surface area contributed by atoms with Gasteiger partial charge in [0.15, 0.2) is 0 Å². The molecular weight excluding hydrogens is 262 g/mol. The van der Waals surface area contributed by atoms with Crippen molar-refractivity contribution < 1.29 is 0 Å². The quantitative estimate of drug-likeness (QED) is 0.738. The molecule has 0 aliphatic carbocycles. The van der Waals surface area contributed by atoms with Crippen LogP contribution < -0.4 is 0 Å². The minimum Gasteiger partial charge on any atom is -0.282 e. The van der Waals surface area contributed by atoms with E-state index in [0.717, 1.165) is 22.9 Å². The fraction of sp³-hybridized carbons (Fsp3) is 0.375. The Bertz CT molecular complexity index is 773. The van der Waals surface area contributed by atoms with Gasteiger partial charge >= 0.3 is 0 Å². The molecule has 5 heteroatoms. The van der Waals surface area contributed by atoms with Gasteiger partial charge in [-0.3, -0.25) is 4.40 Å². The molecule has 0 saturated carbocycles. The van der Waals surface area contributed by atoms with Gasteiger partial charge in [0.2, 0.25) is 5.78 Å². The molecule has 0 N–H and O–H groups in total. The zero-order valence-electron chi connectivity index (χ0n) is 12.8. The van der Waals surface area contributed by atoms with E-state index in [4.69, 9.17) is 0 Å². The summed E-state index contributed by atoms with van der Waals surface area (Å²) in [5.41, 5.74) is 2.86. The van der Waals surface area contributed by atoms with Crippen LogP contribution in [-0.2, 0) is 0 Å². The summed E-state index contributed by atoms with van der Waals surface area (Å²) in [6.45, 7) is 8.43. The Morgan fingerprint density at radius 2 is 1.76 bits per heavy atom. The summed E-state index contributed by atoms with van der Waals surface area (Å²) in [5, 5.41) is 0. The molecule has 0 fully saturated rings. The normalized spacial score (nSPS) is 11.7. The number of aromatic nitrogens is 5. The maximum Gasteiger partial charge on any atom is 0.234 e. The fourth-order valence-electron chi connectivity index (χ4n) is 2.19. The maximum absolute atomic E-state index is 4.62. The first kappa shape index (κ1) is 13.7. The lowest BCUT2D eigenvalue weighted by molar-refractivity contribution is 0.775. The highest BCUT2D eigenvalue weighted by Crippen LogP contribution is 2.21. The zero-order chi connectivity index (χ0) is 15.0. The zero-order valence-corrected chi connectivity index (χ0v) is 12.8. The summed E-state index contributed by atoms with van der Waals surface area (Å²) < 4.78 is 1.97. The molecule has 0 aromatic carbocycles. The minimum atomic E-state index is 0.301. The minimum absolute atomic E-state index is 0.301. The Morgan fingerprint density at radius 3 is 2.48 bits per heavy atom. The summed E-state index contributed by atoms with van der Waals surface area (Å²) in [5.74, 6) is 2.24. The van der Waals surface area contributed by atoms with E-state index in [1.165, 1.54) is 0 Å². The molecule has 3 aromatic rings. The van der Waals surface area contributed by atoms with Crippen molar-refractivity contribution in [1.29, 1.82) is 0 Å². The van der Waals surface area contributed by atoms with Gasteiger partial charge in [0.05, 0.1) is 17.6 Å². The summed E-state index contributed by atoms with van der Waals surface area (Å²) >= 11 is 0. The molecule has 0 radical (unpaired) electrons. The first-order chi connectivity index (χ1) is 10.1. The summed E-state index contributed by atoms with van der Waals surface area (Å²) in [6.07, 6.45) is 5.63. The molecule has 0 aliphatic heterocycles. The topological polar surface area (TPSA) is 56.0 Å². The molecule has 21 heavy (non-hydrogen) atoms. The molecule has 0 atom stereocenters. The lowest BCUT2D eigenvalue weighted by Crippen LogP contribution is -2.00. The van der Waals surface area contributed by atoms with Crippen LogP contribution >= 0.6 is 0 Å². The molecule has 0 spiro atoms. The van der Waals surface area contributed by atoms with E-state index in [9.17, 15) is 0 Å². The van der Waals surface area contributed by atoms with E-state index in [1.54, 1.807) is 6.20 Å². The van der Waals surface area contributed by atoms with Crippen LogP contribution in [-0.4, -0.2) is 24.3 Å². The van der Waals surface area contributed by atoms with E-state index in [0.29, 0.717) is 17.6 Å². The molecule has 3 heterocycles. The standard InChI is InChI=1S/C16H19N5/c1-10(2)12-6-8-21-14(9-18-16(21)20-12)13-5-7-17-15(19-13)11(3)4/h5-11H,1-4H3. The van der Waals surface area contributed by atoms with Gasteiger partial charge in [-0.2, -0.15) is 0 Å². The second-order valence-electron chi connectivity index (χ2n) is 5.78. The van der Waals surface area contributed by atoms with Gasteiger partial charge in [-0.15, -0.1) is 0 Å². The molecule has 5 nitrogen and oxygen atoms in total. The smallest absolute Gasteiger partial charge is 0.234 e. The lowest BCUT2D eigenvalue weighted by atomic mass is 10.1. The molecule has 108 valence electrons. The van der Waals surface area contributed by atoms with Crippen LogP contribution in [0.3, 0.4) is 0 Å².